The van der Waals surface area contributed by atoms with Gasteiger partial charge in [0.15, 0.2) is 0 Å². The third kappa shape index (κ3) is 2.87. The molecule has 0 aliphatic carbocycles. The van der Waals surface area contributed by atoms with E-state index in [9.17, 15) is 4.79 Å². The molecule has 94 valence electrons. The number of amides is 1. The highest BCUT2D eigenvalue weighted by Crippen LogP contribution is 2.16. The molecule has 2 rings (SSSR count). The van der Waals surface area contributed by atoms with E-state index in [2.05, 4.69) is 10.3 Å². The van der Waals surface area contributed by atoms with Crippen molar-refractivity contribution >= 4 is 11.6 Å². The second kappa shape index (κ2) is 5.65. The number of nitrogens with zero attached hydrogens (tertiary/aromatic N) is 2. The van der Waals surface area contributed by atoms with Gasteiger partial charge in [-0.05, 0) is 30.3 Å². The fraction of sp³-hybridized carbons (Fsp3) is 0.0714. The van der Waals surface area contributed by atoms with Crippen LogP contribution in [0.3, 0.4) is 0 Å². The largest absolute Gasteiger partial charge is 0.497 e. The van der Waals surface area contributed by atoms with Crippen molar-refractivity contribution < 1.29 is 9.53 Å². The lowest BCUT2D eigenvalue weighted by Gasteiger charge is -2.06. The highest BCUT2D eigenvalue weighted by atomic mass is 16.5. The first kappa shape index (κ1) is 12.6. The molecule has 0 unspecified atom stereocenters. The lowest BCUT2D eigenvalue weighted by molar-refractivity contribution is 0.102. The minimum atomic E-state index is -0.366. The Labute approximate surface area is 110 Å². The lowest BCUT2D eigenvalue weighted by Crippen LogP contribution is -2.13. The third-order valence-electron chi connectivity index (χ3n) is 2.53. The average molecular weight is 253 g/mol. The standard InChI is InChI=1S/C14H11N3O2/c1-19-12-4-2-11(3-5-12)17-14(18)13-9-16-7-6-10(13)8-15/h2-7,9H,1H3,(H,17,18). The van der Waals surface area contributed by atoms with Crippen LogP contribution in [0.5, 0.6) is 5.75 Å². The van der Waals surface area contributed by atoms with E-state index in [1.165, 1.54) is 18.5 Å². The molecule has 0 aliphatic heterocycles. The predicted octanol–water partition coefficient (Wildman–Crippen LogP) is 2.21. The molecular weight excluding hydrogens is 242 g/mol. The maximum atomic E-state index is 12.0. The molecule has 1 aromatic carbocycles. The number of methoxy groups -OCH3 is 1. The smallest absolute Gasteiger partial charge is 0.258 e. The monoisotopic (exact) mass is 253 g/mol. The van der Waals surface area contributed by atoms with Gasteiger partial charge >= 0.3 is 0 Å². The molecule has 2 aromatic rings. The minimum absolute atomic E-state index is 0.251. The highest BCUT2D eigenvalue weighted by Gasteiger charge is 2.11. The number of benzene rings is 1. The van der Waals surface area contributed by atoms with Crippen LogP contribution >= 0.6 is 0 Å². The van der Waals surface area contributed by atoms with Crippen LogP contribution in [-0.2, 0) is 0 Å². The number of rotatable bonds is 3. The fourth-order valence-corrected chi connectivity index (χ4v) is 1.55. The van der Waals surface area contributed by atoms with Gasteiger partial charge in [0, 0.05) is 18.1 Å². The minimum Gasteiger partial charge on any atom is -0.497 e. The maximum absolute atomic E-state index is 12.0. The first-order valence-corrected chi connectivity index (χ1v) is 5.54. The van der Waals surface area contributed by atoms with Crippen LogP contribution in [0.2, 0.25) is 0 Å². The summed E-state index contributed by atoms with van der Waals surface area (Å²) in [6, 6.07) is 10.4. The van der Waals surface area contributed by atoms with Crippen LogP contribution in [0.25, 0.3) is 0 Å². The lowest BCUT2D eigenvalue weighted by atomic mass is 10.1. The van der Waals surface area contributed by atoms with Crippen LogP contribution in [0.15, 0.2) is 42.7 Å². The number of carbonyl (C=O) groups excluding carboxylic acids is 1. The van der Waals surface area contributed by atoms with Gasteiger partial charge in [-0.15, -0.1) is 0 Å². The van der Waals surface area contributed by atoms with E-state index < -0.39 is 0 Å². The molecule has 0 saturated carbocycles. The number of anilines is 1. The summed E-state index contributed by atoms with van der Waals surface area (Å²) in [6.07, 6.45) is 2.85. The topological polar surface area (TPSA) is 75.0 Å². The zero-order valence-corrected chi connectivity index (χ0v) is 10.3. The average Bonchev–Trinajstić information content (AvgIpc) is 2.48. The molecule has 0 aliphatic rings. The molecule has 5 nitrogen and oxygen atoms in total. The SMILES string of the molecule is COc1ccc(NC(=O)c2cnccc2C#N)cc1. The maximum Gasteiger partial charge on any atom is 0.258 e. The summed E-state index contributed by atoms with van der Waals surface area (Å²) in [4.78, 5) is 15.9. The molecule has 0 fully saturated rings. The Hall–Kier alpha value is -2.87. The number of ether oxygens (including phenoxy) is 1. The van der Waals surface area contributed by atoms with Crippen molar-refractivity contribution in [2.75, 3.05) is 12.4 Å². The van der Waals surface area contributed by atoms with Gasteiger partial charge in [0.1, 0.15) is 11.8 Å². The van der Waals surface area contributed by atoms with E-state index in [0.717, 1.165) is 0 Å². The first-order chi connectivity index (χ1) is 9.24. The van der Waals surface area contributed by atoms with Gasteiger partial charge in [0.05, 0.1) is 18.2 Å². The molecule has 0 spiro atoms. The molecule has 1 aromatic heterocycles. The van der Waals surface area contributed by atoms with Crippen molar-refractivity contribution in [2.24, 2.45) is 0 Å². The van der Waals surface area contributed by atoms with E-state index >= 15 is 0 Å². The molecule has 0 bridgehead atoms. The van der Waals surface area contributed by atoms with Crippen LogP contribution < -0.4 is 10.1 Å². The molecule has 19 heavy (non-hydrogen) atoms. The molecule has 1 N–H and O–H groups in total. The summed E-state index contributed by atoms with van der Waals surface area (Å²) in [7, 11) is 1.57. The molecule has 5 heteroatoms. The predicted molar refractivity (Wildman–Crippen MR) is 69.9 cm³/mol. The Morgan fingerprint density at radius 3 is 2.68 bits per heavy atom. The summed E-state index contributed by atoms with van der Waals surface area (Å²) >= 11 is 0. The van der Waals surface area contributed by atoms with Crippen molar-refractivity contribution in [3.05, 3.63) is 53.9 Å². The van der Waals surface area contributed by atoms with Gasteiger partial charge in [0.2, 0.25) is 0 Å². The summed E-state index contributed by atoms with van der Waals surface area (Å²) in [6.45, 7) is 0. The van der Waals surface area contributed by atoms with Crippen molar-refractivity contribution in [3.8, 4) is 11.8 Å². The van der Waals surface area contributed by atoms with Crippen LogP contribution in [0.4, 0.5) is 5.69 Å². The molecule has 0 radical (unpaired) electrons. The van der Waals surface area contributed by atoms with Gasteiger partial charge in [-0.1, -0.05) is 0 Å². The molecule has 1 amide bonds. The third-order valence-corrected chi connectivity index (χ3v) is 2.53. The van der Waals surface area contributed by atoms with E-state index in [4.69, 9.17) is 10.00 Å². The van der Waals surface area contributed by atoms with Gasteiger partial charge < -0.3 is 10.1 Å². The van der Waals surface area contributed by atoms with E-state index in [-0.39, 0.29) is 11.5 Å². The van der Waals surface area contributed by atoms with Gasteiger partial charge in [-0.2, -0.15) is 5.26 Å². The summed E-state index contributed by atoms with van der Waals surface area (Å²) in [5.41, 5.74) is 1.17. The van der Waals surface area contributed by atoms with Crippen molar-refractivity contribution in [1.82, 2.24) is 4.98 Å². The number of nitriles is 1. The Kier molecular flexibility index (Phi) is 3.74. The quantitative estimate of drug-likeness (QED) is 0.910. The van der Waals surface area contributed by atoms with Crippen LogP contribution in [-0.4, -0.2) is 18.0 Å². The molecular formula is C14H11N3O2. The highest BCUT2D eigenvalue weighted by molar-refractivity contribution is 6.05. The summed E-state index contributed by atoms with van der Waals surface area (Å²) in [5.74, 6) is 0.340. The Morgan fingerprint density at radius 1 is 1.32 bits per heavy atom. The molecule has 0 atom stereocenters. The number of hydrogen-bond donors (Lipinski definition) is 1. The number of hydrogen-bond acceptors (Lipinski definition) is 4. The Bertz CT molecular complexity index is 630. The van der Waals surface area contributed by atoms with E-state index in [1.807, 2.05) is 6.07 Å². The van der Waals surface area contributed by atoms with Gasteiger partial charge in [-0.25, -0.2) is 0 Å². The normalized spacial score (nSPS) is 9.47. The molecule has 1 heterocycles. The molecule has 0 saturated heterocycles. The van der Waals surface area contributed by atoms with Crippen molar-refractivity contribution in [2.45, 2.75) is 0 Å². The van der Waals surface area contributed by atoms with Gasteiger partial charge in [-0.3, -0.25) is 9.78 Å². The fourth-order valence-electron chi connectivity index (χ4n) is 1.55. The van der Waals surface area contributed by atoms with Gasteiger partial charge in [0.25, 0.3) is 5.91 Å². The van der Waals surface area contributed by atoms with Crippen LogP contribution in [0.1, 0.15) is 15.9 Å². The Morgan fingerprint density at radius 2 is 2.05 bits per heavy atom. The first-order valence-electron chi connectivity index (χ1n) is 5.54. The van der Waals surface area contributed by atoms with Crippen molar-refractivity contribution in [3.63, 3.8) is 0 Å². The number of aromatic nitrogens is 1. The number of carbonyl (C=O) groups is 1. The zero-order chi connectivity index (χ0) is 13.7. The summed E-state index contributed by atoms with van der Waals surface area (Å²) < 4.78 is 5.03. The summed E-state index contributed by atoms with van der Waals surface area (Å²) in [5, 5.41) is 11.6. The van der Waals surface area contributed by atoms with Crippen molar-refractivity contribution in [1.29, 1.82) is 5.26 Å². The van der Waals surface area contributed by atoms with E-state index in [0.29, 0.717) is 17.0 Å². The van der Waals surface area contributed by atoms with Crippen LogP contribution in [0, 0.1) is 11.3 Å². The zero-order valence-electron chi connectivity index (χ0n) is 10.3. The number of nitrogens with one attached hydrogen (secondary N) is 1. The van der Waals surface area contributed by atoms with E-state index in [1.54, 1.807) is 31.4 Å². The Balaban J connectivity index is 2.19. The second-order valence-corrected chi connectivity index (χ2v) is 3.72. The second-order valence-electron chi connectivity index (χ2n) is 3.72. The number of pyridine rings is 1.